The van der Waals surface area contributed by atoms with Crippen LogP contribution in [-0.4, -0.2) is 11.9 Å². The minimum atomic E-state index is -0.638. The zero-order valence-corrected chi connectivity index (χ0v) is 12.0. The van der Waals surface area contributed by atoms with E-state index in [1.54, 1.807) is 12.1 Å². The third kappa shape index (κ3) is 4.68. The predicted octanol–water partition coefficient (Wildman–Crippen LogP) is 2.32. The average molecular weight is 286 g/mol. The van der Waals surface area contributed by atoms with Crippen molar-refractivity contribution in [1.29, 1.82) is 0 Å². The Kier molecular flexibility index (Phi) is 5.06. The summed E-state index contributed by atoms with van der Waals surface area (Å²) in [5.41, 5.74) is 8.92. The third-order valence-electron chi connectivity index (χ3n) is 3.29. The van der Waals surface area contributed by atoms with Crippen molar-refractivity contribution in [3.63, 3.8) is 0 Å². The first kappa shape index (κ1) is 15.2. The van der Waals surface area contributed by atoms with Gasteiger partial charge >= 0.3 is 0 Å². The smallest absolute Gasteiger partial charge is 0.237 e. The molecule has 0 aliphatic heterocycles. The topological polar surface area (TPSA) is 55.1 Å². The number of hydrogen-bond donors (Lipinski definition) is 2. The van der Waals surface area contributed by atoms with Crippen molar-refractivity contribution in [3.8, 4) is 0 Å². The van der Waals surface area contributed by atoms with Crippen molar-refractivity contribution in [2.24, 2.45) is 5.73 Å². The fourth-order valence-electron chi connectivity index (χ4n) is 1.99. The maximum absolute atomic E-state index is 12.8. The highest BCUT2D eigenvalue weighted by Gasteiger charge is 2.13. The Balaban J connectivity index is 1.84. The first-order chi connectivity index (χ1) is 10.0. The second-order valence-electron chi connectivity index (χ2n) is 5.14. The number of hydrogen-bond acceptors (Lipinski definition) is 2. The molecule has 0 fully saturated rings. The Morgan fingerprint density at radius 1 is 1.10 bits per heavy atom. The Morgan fingerprint density at radius 3 is 2.29 bits per heavy atom. The van der Waals surface area contributed by atoms with E-state index in [0.29, 0.717) is 13.0 Å². The summed E-state index contributed by atoms with van der Waals surface area (Å²) in [4.78, 5) is 11.9. The number of nitrogens with one attached hydrogen (secondary N) is 1. The summed E-state index contributed by atoms with van der Waals surface area (Å²) < 4.78 is 12.8. The lowest BCUT2D eigenvalue weighted by molar-refractivity contribution is -0.122. The van der Waals surface area contributed by atoms with Crippen LogP contribution in [0.25, 0.3) is 0 Å². The maximum Gasteiger partial charge on any atom is 0.237 e. The predicted molar refractivity (Wildman–Crippen MR) is 81.1 cm³/mol. The fourth-order valence-corrected chi connectivity index (χ4v) is 1.99. The van der Waals surface area contributed by atoms with E-state index >= 15 is 0 Å². The summed E-state index contributed by atoms with van der Waals surface area (Å²) in [6.07, 6.45) is 0.389. The van der Waals surface area contributed by atoms with Gasteiger partial charge in [0.15, 0.2) is 0 Å². The number of benzene rings is 2. The molecule has 0 heterocycles. The number of carbonyl (C=O) groups excluding carboxylic acids is 1. The normalized spacial score (nSPS) is 12.0. The Labute approximate surface area is 124 Å². The van der Waals surface area contributed by atoms with Gasteiger partial charge in [-0.25, -0.2) is 4.39 Å². The van der Waals surface area contributed by atoms with Crippen molar-refractivity contribution in [1.82, 2.24) is 5.32 Å². The van der Waals surface area contributed by atoms with Crippen molar-refractivity contribution in [3.05, 3.63) is 71.0 Å². The molecular weight excluding hydrogens is 267 g/mol. The molecule has 0 saturated carbocycles. The maximum atomic E-state index is 12.8. The molecule has 0 aromatic heterocycles. The van der Waals surface area contributed by atoms with Gasteiger partial charge < -0.3 is 11.1 Å². The molecule has 3 N–H and O–H groups in total. The van der Waals surface area contributed by atoms with E-state index in [0.717, 1.165) is 11.1 Å². The Bertz CT molecular complexity index is 593. The van der Waals surface area contributed by atoms with Crippen LogP contribution in [0.3, 0.4) is 0 Å². The van der Waals surface area contributed by atoms with Gasteiger partial charge in [0.25, 0.3) is 0 Å². The molecule has 2 rings (SSSR count). The number of nitrogens with two attached hydrogens (primary N) is 1. The van der Waals surface area contributed by atoms with E-state index in [2.05, 4.69) is 5.32 Å². The van der Waals surface area contributed by atoms with Gasteiger partial charge in [0.2, 0.25) is 5.91 Å². The van der Waals surface area contributed by atoms with Gasteiger partial charge in [-0.3, -0.25) is 4.79 Å². The lowest BCUT2D eigenvalue weighted by Crippen LogP contribution is -2.41. The lowest BCUT2D eigenvalue weighted by atomic mass is 10.1. The minimum absolute atomic E-state index is 0.208. The summed E-state index contributed by atoms with van der Waals surface area (Å²) in [6, 6.07) is 13.3. The first-order valence-corrected chi connectivity index (χ1v) is 6.88. The number of carbonyl (C=O) groups is 1. The zero-order valence-electron chi connectivity index (χ0n) is 12.0. The Hall–Kier alpha value is -2.20. The van der Waals surface area contributed by atoms with Crippen LogP contribution in [0.2, 0.25) is 0 Å². The summed E-state index contributed by atoms with van der Waals surface area (Å²) in [6.45, 7) is 2.47. The molecule has 0 spiro atoms. The molecule has 2 aromatic rings. The molecule has 3 nitrogen and oxygen atoms in total. The van der Waals surface area contributed by atoms with E-state index in [-0.39, 0.29) is 11.7 Å². The number of halogens is 1. The van der Waals surface area contributed by atoms with Crippen LogP contribution in [0.5, 0.6) is 0 Å². The standard InChI is InChI=1S/C17H19FN2O/c1-12-2-4-14(5-3-12)11-20-17(21)16(19)10-13-6-8-15(18)9-7-13/h2-9,16H,10-11,19H2,1H3,(H,20,21). The molecule has 1 amide bonds. The van der Waals surface area contributed by atoms with Gasteiger partial charge in [-0.2, -0.15) is 0 Å². The molecular formula is C17H19FN2O. The van der Waals surface area contributed by atoms with Crippen LogP contribution in [-0.2, 0) is 17.8 Å². The SMILES string of the molecule is Cc1ccc(CNC(=O)C(N)Cc2ccc(F)cc2)cc1. The van der Waals surface area contributed by atoms with E-state index in [4.69, 9.17) is 5.73 Å². The highest BCUT2D eigenvalue weighted by atomic mass is 19.1. The molecule has 4 heteroatoms. The van der Waals surface area contributed by atoms with Crippen molar-refractivity contribution in [2.75, 3.05) is 0 Å². The molecule has 110 valence electrons. The summed E-state index contributed by atoms with van der Waals surface area (Å²) in [5, 5.41) is 2.81. The van der Waals surface area contributed by atoms with E-state index in [1.807, 2.05) is 31.2 Å². The Morgan fingerprint density at radius 2 is 1.67 bits per heavy atom. The van der Waals surface area contributed by atoms with Crippen LogP contribution < -0.4 is 11.1 Å². The molecule has 1 atom stereocenters. The second kappa shape index (κ2) is 6.99. The molecule has 1 unspecified atom stereocenters. The van der Waals surface area contributed by atoms with Gasteiger partial charge in [0.05, 0.1) is 6.04 Å². The molecule has 0 bridgehead atoms. The quantitative estimate of drug-likeness (QED) is 0.886. The highest BCUT2D eigenvalue weighted by Crippen LogP contribution is 2.06. The fraction of sp³-hybridized carbons (Fsp3) is 0.235. The van der Waals surface area contributed by atoms with Gasteiger partial charge in [0.1, 0.15) is 5.82 Å². The summed E-state index contributed by atoms with van der Waals surface area (Å²) in [5.74, 6) is -0.504. The minimum Gasteiger partial charge on any atom is -0.351 e. The van der Waals surface area contributed by atoms with Gasteiger partial charge in [-0.05, 0) is 36.6 Å². The second-order valence-corrected chi connectivity index (χ2v) is 5.14. The molecule has 0 aliphatic carbocycles. The average Bonchev–Trinajstić information content (AvgIpc) is 2.48. The van der Waals surface area contributed by atoms with Gasteiger partial charge in [-0.1, -0.05) is 42.0 Å². The lowest BCUT2D eigenvalue weighted by Gasteiger charge is -2.12. The molecule has 0 saturated heterocycles. The number of aryl methyl sites for hydroxylation is 1. The monoisotopic (exact) mass is 286 g/mol. The first-order valence-electron chi connectivity index (χ1n) is 6.88. The van der Waals surface area contributed by atoms with E-state index in [1.165, 1.54) is 17.7 Å². The highest BCUT2D eigenvalue weighted by molar-refractivity contribution is 5.81. The summed E-state index contributed by atoms with van der Waals surface area (Å²) in [7, 11) is 0. The van der Waals surface area contributed by atoms with Crippen molar-refractivity contribution < 1.29 is 9.18 Å². The van der Waals surface area contributed by atoms with E-state index < -0.39 is 6.04 Å². The van der Waals surface area contributed by atoms with Crippen molar-refractivity contribution >= 4 is 5.91 Å². The van der Waals surface area contributed by atoms with Crippen LogP contribution in [0, 0.1) is 12.7 Å². The van der Waals surface area contributed by atoms with E-state index in [9.17, 15) is 9.18 Å². The largest absolute Gasteiger partial charge is 0.351 e. The van der Waals surface area contributed by atoms with Crippen LogP contribution in [0.1, 0.15) is 16.7 Å². The number of amides is 1. The molecule has 0 radical (unpaired) electrons. The molecule has 0 aliphatic rings. The summed E-state index contributed by atoms with van der Waals surface area (Å²) >= 11 is 0. The van der Waals surface area contributed by atoms with Crippen LogP contribution in [0.4, 0.5) is 4.39 Å². The molecule has 21 heavy (non-hydrogen) atoms. The zero-order chi connectivity index (χ0) is 15.2. The van der Waals surface area contributed by atoms with Gasteiger partial charge in [0, 0.05) is 6.54 Å². The van der Waals surface area contributed by atoms with Crippen LogP contribution in [0.15, 0.2) is 48.5 Å². The third-order valence-corrected chi connectivity index (χ3v) is 3.29. The number of rotatable bonds is 5. The van der Waals surface area contributed by atoms with Crippen molar-refractivity contribution in [2.45, 2.75) is 25.9 Å². The van der Waals surface area contributed by atoms with Crippen LogP contribution >= 0.6 is 0 Å². The van der Waals surface area contributed by atoms with Gasteiger partial charge in [-0.15, -0.1) is 0 Å². The molecule has 2 aromatic carbocycles.